The van der Waals surface area contributed by atoms with Gasteiger partial charge in [-0.1, -0.05) is 38.2 Å². The van der Waals surface area contributed by atoms with Crippen LogP contribution in [0.3, 0.4) is 0 Å². The van der Waals surface area contributed by atoms with Gasteiger partial charge in [-0.3, -0.25) is 4.79 Å². The highest BCUT2D eigenvalue weighted by Gasteiger charge is 2.20. The Bertz CT molecular complexity index is 434. The topological polar surface area (TPSA) is 55.1 Å². The molecule has 0 aliphatic rings. The van der Waals surface area contributed by atoms with Gasteiger partial charge in [0.05, 0.1) is 16.6 Å². The number of carbonyl (C=O) groups excluding carboxylic acids is 1. The molecule has 0 fully saturated rings. The van der Waals surface area contributed by atoms with E-state index in [9.17, 15) is 4.79 Å². The first kappa shape index (κ1) is 14.4. The molecule has 1 aromatic carbocycles. The van der Waals surface area contributed by atoms with Gasteiger partial charge in [-0.15, -0.1) is 0 Å². The Hall–Kier alpha value is -0.690. The van der Waals surface area contributed by atoms with Gasteiger partial charge in [-0.05, 0) is 40.6 Å². The van der Waals surface area contributed by atoms with E-state index in [4.69, 9.17) is 18.0 Å². The Morgan fingerprint density at radius 1 is 1.41 bits per heavy atom. The van der Waals surface area contributed by atoms with Crippen molar-refractivity contribution in [2.24, 2.45) is 11.7 Å². The lowest BCUT2D eigenvalue weighted by Gasteiger charge is -2.21. The van der Waals surface area contributed by atoms with Gasteiger partial charge in [0.25, 0.3) is 5.91 Å². The van der Waals surface area contributed by atoms with E-state index in [0.29, 0.717) is 10.6 Å². The Kier molecular flexibility index (Phi) is 5.32. The number of hydrogen-bond donors (Lipinski definition) is 2. The summed E-state index contributed by atoms with van der Waals surface area (Å²) in [7, 11) is 0. The Labute approximate surface area is 120 Å². The van der Waals surface area contributed by atoms with Crippen molar-refractivity contribution in [1.29, 1.82) is 0 Å². The van der Waals surface area contributed by atoms with Crippen molar-refractivity contribution in [2.45, 2.75) is 19.9 Å². The number of rotatable bonds is 4. The lowest BCUT2D eigenvalue weighted by molar-refractivity contribution is 0.0939. The zero-order valence-corrected chi connectivity index (χ0v) is 12.7. The van der Waals surface area contributed by atoms with Crippen molar-refractivity contribution in [1.82, 2.24) is 5.32 Å². The van der Waals surface area contributed by atoms with Gasteiger partial charge in [0.15, 0.2) is 0 Å². The van der Waals surface area contributed by atoms with Gasteiger partial charge in [0.1, 0.15) is 0 Å². The fourth-order valence-corrected chi connectivity index (χ4v) is 2.39. The minimum atomic E-state index is -0.270. The van der Waals surface area contributed by atoms with Crippen LogP contribution >= 0.6 is 34.8 Å². The number of benzene rings is 1. The molecule has 0 aliphatic heterocycles. The number of thiocarbonyl (C=S) groups is 1. The summed E-state index contributed by atoms with van der Waals surface area (Å²) in [6.45, 7) is 3.94. The highest BCUT2D eigenvalue weighted by molar-refractivity contribution is 14.1. The lowest BCUT2D eigenvalue weighted by atomic mass is 10.0. The third-order valence-corrected chi connectivity index (χ3v) is 3.57. The van der Waals surface area contributed by atoms with Gasteiger partial charge in [-0.25, -0.2) is 0 Å². The van der Waals surface area contributed by atoms with Gasteiger partial charge < -0.3 is 11.1 Å². The highest BCUT2D eigenvalue weighted by Crippen LogP contribution is 2.12. The molecule has 1 unspecified atom stereocenters. The SMILES string of the molecule is CC(C)C(NC(=O)c1ccccc1I)C(N)=S. The maximum atomic E-state index is 12.1. The smallest absolute Gasteiger partial charge is 0.252 e. The quantitative estimate of drug-likeness (QED) is 0.639. The molecule has 3 N–H and O–H groups in total. The molecule has 0 saturated carbocycles. The van der Waals surface area contributed by atoms with Crippen molar-refractivity contribution < 1.29 is 4.79 Å². The predicted octanol–water partition coefficient (Wildman–Crippen LogP) is 2.33. The molecule has 0 saturated heterocycles. The van der Waals surface area contributed by atoms with Crippen LogP contribution in [-0.2, 0) is 0 Å². The summed E-state index contributed by atoms with van der Waals surface area (Å²) in [4.78, 5) is 12.4. The second-order valence-electron chi connectivity index (χ2n) is 4.08. The first-order valence-electron chi connectivity index (χ1n) is 5.28. The molecule has 17 heavy (non-hydrogen) atoms. The van der Waals surface area contributed by atoms with Crippen molar-refractivity contribution in [3.05, 3.63) is 33.4 Å². The molecule has 0 bridgehead atoms. The van der Waals surface area contributed by atoms with Gasteiger partial charge in [0.2, 0.25) is 0 Å². The maximum absolute atomic E-state index is 12.1. The number of carbonyl (C=O) groups is 1. The van der Waals surface area contributed by atoms with E-state index in [-0.39, 0.29) is 17.9 Å². The molecule has 0 spiro atoms. The molecule has 5 heteroatoms. The van der Waals surface area contributed by atoms with Crippen LogP contribution < -0.4 is 11.1 Å². The summed E-state index contributed by atoms with van der Waals surface area (Å²) in [6, 6.07) is 7.14. The maximum Gasteiger partial charge on any atom is 0.252 e. The molecular formula is C12H15IN2OS. The van der Waals surface area contributed by atoms with Crippen LogP contribution in [0.5, 0.6) is 0 Å². The summed E-state index contributed by atoms with van der Waals surface area (Å²) >= 11 is 7.09. The number of halogens is 1. The van der Waals surface area contributed by atoms with Crippen LogP contribution in [-0.4, -0.2) is 16.9 Å². The zero-order valence-electron chi connectivity index (χ0n) is 9.74. The Morgan fingerprint density at radius 3 is 2.47 bits per heavy atom. The van der Waals surface area contributed by atoms with Gasteiger partial charge in [-0.2, -0.15) is 0 Å². The van der Waals surface area contributed by atoms with E-state index < -0.39 is 0 Å². The molecule has 1 amide bonds. The fourth-order valence-electron chi connectivity index (χ4n) is 1.43. The summed E-state index contributed by atoms with van der Waals surface area (Å²) < 4.78 is 0.910. The molecule has 0 aliphatic carbocycles. The van der Waals surface area contributed by atoms with E-state index in [1.165, 1.54) is 0 Å². The summed E-state index contributed by atoms with van der Waals surface area (Å²) in [5.41, 5.74) is 6.27. The number of nitrogens with one attached hydrogen (secondary N) is 1. The first-order valence-corrected chi connectivity index (χ1v) is 6.77. The molecule has 0 aromatic heterocycles. The number of amides is 1. The standard InChI is InChI=1S/C12H15IN2OS/c1-7(2)10(11(14)17)15-12(16)8-5-3-4-6-9(8)13/h3-7,10H,1-2H3,(H2,14,17)(H,15,16). The van der Waals surface area contributed by atoms with Gasteiger partial charge >= 0.3 is 0 Å². The van der Waals surface area contributed by atoms with Crippen LogP contribution in [0, 0.1) is 9.49 Å². The highest BCUT2D eigenvalue weighted by atomic mass is 127. The molecule has 1 aromatic rings. The van der Waals surface area contributed by atoms with Gasteiger partial charge in [0, 0.05) is 3.57 Å². The average molecular weight is 362 g/mol. The molecule has 0 radical (unpaired) electrons. The second kappa shape index (κ2) is 6.30. The first-order chi connectivity index (χ1) is 7.93. The molecule has 92 valence electrons. The number of nitrogens with two attached hydrogens (primary N) is 1. The van der Waals surface area contributed by atoms with Crippen molar-refractivity contribution >= 4 is 45.7 Å². The monoisotopic (exact) mass is 362 g/mol. The average Bonchev–Trinajstić information content (AvgIpc) is 2.25. The van der Waals surface area contributed by atoms with Crippen molar-refractivity contribution in [3.8, 4) is 0 Å². The second-order valence-corrected chi connectivity index (χ2v) is 5.71. The summed E-state index contributed by atoms with van der Waals surface area (Å²) in [6.07, 6.45) is 0. The minimum Gasteiger partial charge on any atom is -0.392 e. The molecule has 3 nitrogen and oxygen atoms in total. The van der Waals surface area contributed by atoms with Crippen molar-refractivity contribution in [2.75, 3.05) is 0 Å². The normalized spacial score (nSPS) is 12.2. The van der Waals surface area contributed by atoms with E-state index in [0.717, 1.165) is 3.57 Å². The molecule has 1 atom stereocenters. The summed E-state index contributed by atoms with van der Waals surface area (Å²) in [5.74, 6) is 0.0410. The van der Waals surface area contributed by atoms with E-state index in [1.54, 1.807) is 6.07 Å². The van der Waals surface area contributed by atoms with E-state index in [2.05, 4.69) is 27.9 Å². The van der Waals surface area contributed by atoms with Crippen LogP contribution in [0.1, 0.15) is 24.2 Å². The van der Waals surface area contributed by atoms with Crippen LogP contribution in [0.4, 0.5) is 0 Å². The predicted molar refractivity (Wildman–Crippen MR) is 82.0 cm³/mol. The van der Waals surface area contributed by atoms with Crippen LogP contribution in [0.25, 0.3) is 0 Å². The lowest BCUT2D eigenvalue weighted by Crippen LogP contribution is -2.46. The molecule has 0 heterocycles. The fraction of sp³-hybridized carbons (Fsp3) is 0.333. The molecule has 1 rings (SSSR count). The molecular weight excluding hydrogens is 347 g/mol. The van der Waals surface area contributed by atoms with E-state index >= 15 is 0 Å². The van der Waals surface area contributed by atoms with Crippen molar-refractivity contribution in [3.63, 3.8) is 0 Å². The zero-order chi connectivity index (χ0) is 13.0. The summed E-state index contributed by atoms with van der Waals surface area (Å²) in [5, 5.41) is 2.86. The largest absolute Gasteiger partial charge is 0.392 e. The Balaban J connectivity index is 2.85. The van der Waals surface area contributed by atoms with Crippen LogP contribution in [0.15, 0.2) is 24.3 Å². The number of hydrogen-bond acceptors (Lipinski definition) is 2. The third kappa shape index (κ3) is 3.92. The van der Waals surface area contributed by atoms with Crippen LogP contribution in [0.2, 0.25) is 0 Å². The minimum absolute atomic E-state index is 0.137. The Morgan fingerprint density at radius 2 is 2.00 bits per heavy atom. The van der Waals surface area contributed by atoms with E-state index in [1.807, 2.05) is 32.0 Å². The third-order valence-electron chi connectivity index (χ3n) is 2.38.